The van der Waals surface area contributed by atoms with E-state index in [-0.39, 0.29) is 25.1 Å². The van der Waals surface area contributed by atoms with Gasteiger partial charge in [-0.25, -0.2) is 14.2 Å². The van der Waals surface area contributed by atoms with Crippen molar-refractivity contribution in [3.05, 3.63) is 84.6 Å². The fraction of sp³-hybridized carbons (Fsp3) is 0.385. The Balaban J connectivity index is 1.53. The van der Waals surface area contributed by atoms with Gasteiger partial charge in [-0.2, -0.15) is 4.98 Å². The van der Waals surface area contributed by atoms with E-state index in [1.807, 2.05) is 12.1 Å². The molecule has 39 heavy (non-hydrogen) atoms. The summed E-state index contributed by atoms with van der Waals surface area (Å²) in [5.74, 6) is 1.12. The predicted octanol–water partition coefficient (Wildman–Crippen LogP) is 2.31. The number of methoxy groups -OCH3 is 1. The van der Waals surface area contributed by atoms with Crippen LogP contribution in [-0.2, 0) is 17.8 Å². The quantitative estimate of drug-likeness (QED) is 0.180. The molecule has 0 radical (unpaired) electrons. The van der Waals surface area contributed by atoms with Gasteiger partial charge in [0, 0.05) is 29.7 Å². The minimum atomic E-state index is -0.699. The molecule has 11 nitrogen and oxygen atoms in total. The van der Waals surface area contributed by atoms with Gasteiger partial charge in [0.05, 0.1) is 32.8 Å². The molecule has 1 saturated heterocycles. The van der Waals surface area contributed by atoms with E-state index in [0.717, 1.165) is 29.6 Å². The molecular weight excluding hydrogens is 545 g/mol. The number of nitrogens with two attached hydrogens (primary N) is 1. The van der Waals surface area contributed by atoms with E-state index in [1.165, 1.54) is 4.57 Å². The van der Waals surface area contributed by atoms with Crippen LogP contribution >= 0.6 is 23.2 Å². The van der Waals surface area contributed by atoms with Crippen molar-refractivity contribution < 1.29 is 9.47 Å². The lowest BCUT2D eigenvalue weighted by molar-refractivity contribution is 0.118. The number of aromatic nitrogens is 3. The van der Waals surface area contributed by atoms with Gasteiger partial charge in [-0.3, -0.25) is 9.56 Å². The molecule has 0 spiro atoms. The first-order valence-corrected chi connectivity index (χ1v) is 13.3. The Morgan fingerprint density at radius 2 is 1.82 bits per heavy atom. The topological polar surface area (TPSA) is 138 Å². The standard InChI is InChI=1S/C26H31Cl2N7O4/c1-38-21-6-4-17(5-7-21)15-34-24(31-9-8-30-23(29)32-14-22-3-2-10-39-22)33-25(36)35(26(34)37)16-18-11-19(27)13-20(28)12-18/h4-7,11-13,22H,2-3,8-10,14-16H2,1H3,(H3,29,30,32)(H,31,33,36). The van der Waals surface area contributed by atoms with Crippen LogP contribution in [0.1, 0.15) is 24.0 Å². The zero-order valence-electron chi connectivity index (χ0n) is 21.5. The zero-order chi connectivity index (χ0) is 27.8. The van der Waals surface area contributed by atoms with Gasteiger partial charge >= 0.3 is 11.4 Å². The second-order valence-electron chi connectivity index (χ2n) is 9.01. The number of halogens is 2. The Kier molecular flexibility index (Phi) is 9.85. The van der Waals surface area contributed by atoms with Gasteiger partial charge in [0.25, 0.3) is 0 Å². The number of nitrogens with zero attached hydrogens (tertiary/aromatic N) is 4. The Labute approximate surface area is 235 Å². The van der Waals surface area contributed by atoms with Crippen LogP contribution in [0.25, 0.3) is 0 Å². The lowest BCUT2D eigenvalue weighted by Crippen LogP contribution is -2.44. The number of aliphatic imine (C=N–C) groups is 1. The van der Waals surface area contributed by atoms with Crippen molar-refractivity contribution >= 4 is 35.1 Å². The third-order valence-electron chi connectivity index (χ3n) is 6.12. The molecule has 1 aromatic heterocycles. The predicted molar refractivity (Wildman–Crippen MR) is 152 cm³/mol. The molecule has 1 unspecified atom stereocenters. The van der Waals surface area contributed by atoms with Crippen LogP contribution in [0.2, 0.25) is 10.0 Å². The van der Waals surface area contributed by atoms with Gasteiger partial charge in [0.15, 0.2) is 5.96 Å². The van der Waals surface area contributed by atoms with Crippen molar-refractivity contribution in [1.29, 1.82) is 0 Å². The summed E-state index contributed by atoms with van der Waals surface area (Å²) in [6.07, 6.45) is 2.12. The summed E-state index contributed by atoms with van der Waals surface area (Å²) < 4.78 is 13.2. The molecule has 208 valence electrons. The minimum absolute atomic E-state index is 0.0346. The SMILES string of the molecule is COc1ccc(Cn2c(NCCNC(N)=NCC3CCCO3)nc(=O)n(Cc3cc(Cl)cc(Cl)c3)c2=O)cc1. The molecule has 13 heteroatoms. The van der Waals surface area contributed by atoms with Gasteiger partial charge in [-0.1, -0.05) is 35.3 Å². The Morgan fingerprint density at radius 1 is 1.10 bits per heavy atom. The highest BCUT2D eigenvalue weighted by atomic mass is 35.5. The maximum Gasteiger partial charge on any atom is 0.355 e. The highest BCUT2D eigenvalue weighted by Gasteiger charge is 2.16. The summed E-state index contributed by atoms with van der Waals surface area (Å²) in [6.45, 7) is 2.13. The summed E-state index contributed by atoms with van der Waals surface area (Å²) in [4.78, 5) is 35.0. The first kappa shape index (κ1) is 28.5. The first-order valence-electron chi connectivity index (χ1n) is 12.5. The Bertz CT molecular complexity index is 1400. The molecule has 4 N–H and O–H groups in total. The molecule has 3 aromatic rings. The fourth-order valence-corrected chi connectivity index (χ4v) is 4.72. The molecule has 1 aliphatic rings. The van der Waals surface area contributed by atoms with E-state index in [2.05, 4.69) is 20.6 Å². The monoisotopic (exact) mass is 575 g/mol. The van der Waals surface area contributed by atoms with Gasteiger partial charge in [0.1, 0.15) is 5.75 Å². The van der Waals surface area contributed by atoms with Crippen molar-refractivity contribution in [2.24, 2.45) is 10.7 Å². The van der Waals surface area contributed by atoms with E-state index in [0.29, 0.717) is 47.0 Å². The van der Waals surface area contributed by atoms with Gasteiger partial charge in [0.2, 0.25) is 5.95 Å². The van der Waals surface area contributed by atoms with Crippen molar-refractivity contribution in [3.63, 3.8) is 0 Å². The average Bonchev–Trinajstić information content (AvgIpc) is 3.43. The molecule has 1 fully saturated rings. The Hall–Kier alpha value is -3.54. The maximum atomic E-state index is 13.6. The normalized spacial score (nSPS) is 15.4. The molecule has 0 bridgehead atoms. The van der Waals surface area contributed by atoms with Crippen molar-refractivity contribution in [3.8, 4) is 5.75 Å². The number of hydrogen-bond acceptors (Lipinski definition) is 7. The second-order valence-corrected chi connectivity index (χ2v) is 9.89. The molecule has 2 heterocycles. The van der Waals surface area contributed by atoms with Gasteiger partial charge < -0.3 is 25.8 Å². The number of benzene rings is 2. The minimum Gasteiger partial charge on any atom is -0.497 e. The second kappa shape index (κ2) is 13.5. The average molecular weight is 576 g/mol. The van der Waals surface area contributed by atoms with E-state index in [9.17, 15) is 9.59 Å². The molecule has 0 amide bonds. The summed E-state index contributed by atoms with van der Waals surface area (Å²) in [6, 6.07) is 12.2. The lowest BCUT2D eigenvalue weighted by Gasteiger charge is -2.16. The highest BCUT2D eigenvalue weighted by molar-refractivity contribution is 6.34. The summed E-state index contributed by atoms with van der Waals surface area (Å²) in [5, 5.41) is 6.90. The Morgan fingerprint density at radius 3 is 2.49 bits per heavy atom. The van der Waals surface area contributed by atoms with Crippen LogP contribution in [0.5, 0.6) is 5.75 Å². The summed E-state index contributed by atoms with van der Waals surface area (Å²) in [5.41, 5.74) is 6.15. The number of anilines is 1. The lowest BCUT2D eigenvalue weighted by atomic mass is 10.2. The molecule has 1 aliphatic heterocycles. The summed E-state index contributed by atoms with van der Waals surface area (Å²) >= 11 is 12.2. The van der Waals surface area contributed by atoms with E-state index in [4.69, 9.17) is 38.4 Å². The van der Waals surface area contributed by atoms with Gasteiger partial charge in [-0.05, 0) is 54.3 Å². The van der Waals surface area contributed by atoms with Crippen molar-refractivity contribution in [2.45, 2.75) is 32.0 Å². The number of nitrogens with one attached hydrogen (secondary N) is 2. The summed E-state index contributed by atoms with van der Waals surface area (Å²) in [7, 11) is 1.58. The van der Waals surface area contributed by atoms with Crippen LogP contribution in [0.3, 0.4) is 0 Å². The molecule has 1 atom stereocenters. The first-order chi connectivity index (χ1) is 18.8. The largest absolute Gasteiger partial charge is 0.497 e. The third kappa shape index (κ3) is 7.98. The van der Waals surface area contributed by atoms with Crippen molar-refractivity contribution in [2.75, 3.05) is 38.7 Å². The number of rotatable bonds is 11. The molecule has 4 rings (SSSR count). The number of ether oxygens (including phenoxy) is 2. The number of guanidine groups is 1. The van der Waals surface area contributed by atoms with Crippen LogP contribution in [0.15, 0.2) is 57.0 Å². The molecular formula is C26H31Cl2N7O4. The van der Waals surface area contributed by atoms with E-state index >= 15 is 0 Å². The molecule has 0 aliphatic carbocycles. The third-order valence-corrected chi connectivity index (χ3v) is 6.55. The fourth-order valence-electron chi connectivity index (χ4n) is 4.15. The van der Waals surface area contributed by atoms with E-state index < -0.39 is 11.4 Å². The van der Waals surface area contributed by atoms with Crippen LogP contribution in [-0.4, -0.2) is 59.5 Å². The highest BCUT2D eigenvalue weighted by Crippen LogP contribution is 2.19. The van der Waals surface area contributed by atoms with Crippen LogP contribution in [0, 0.1) is 0 Å². The smallest absolute Gasteiger partial charge is 0.355 e. The van der Waals surface area contributed by atoms with Crippen LogP contribution in [0.4, 0.5) is 5.95 Å². The zero-order valence-corrected chi connectivity index (χ0v) is 23.0. The van der Waals surface area contributed by atoms with Crippen LogP contribution < -0.4 is 32.5 Å². The molecule has 2 aromatic carbocycles. The van der Waals surface area contributed by atoms with Gasteiger partial charge in [-0.15, -0.1) is 0 Å². The molecule has 0 saturated carbocycles. The van der Waals surface area contributed by atoms with E-state index in [1.54, 1.807) is 37.4 Å². The van der Waals surface area contributed by atoms with Crippen molar-refractivity contribution in [1.82, 2.24) is 19.4 Å². The maximum absolute atomic E-state index is 13.6. The number of hydrogen-bond donors (Lipinski definition) is 3.